The van der Waals surface area contributed by atoms with E-state index in [-0.39, 0.29) is 24.4 Å². The third-order valence-corrected chi connectivity index (χ3v) is 5.16. The molecule has 0 spiro atoms. The Morgan fingerprint density at radius 3 is 2.68 bits per heavy atom. The van der Waals surface area contributed by atoms with Gasteiger partial charge in [0.05, 0.1) is 5.69 Å². The van der Waals surface area contributed by atoms with Crippen LogP contribution in [0.4, 0.5) is 0 Å². The first-order valence-electron chi connectivity index (χ1n) is 8.86. The Morgan fingerprint density at radius 2 is 1.96 bits per heavy atom. The van der Waals surface area contributed by atoms with Crippen LogP contribution in [0.25, 0.3) is 5.69 Å². The van der Waals surface area contributed by atoms with E-state index >= 15 is 0 Å². The van der Waals surface area contributed by atoms with Crippen LogP contribution in [-0.4, -0.2) is 39.7 Å². The summed E-state index contributed by atoms with van der Waals surface area (Å²) in [6, 6.07) is 8.42. The van der Waals surface area contributed by atoms with Crippen LogP contribution in [0.3, 0.4) is 0 Å². The van der Waals surface area contributed by atoms with Crippen molar-refractivity contribution in [1.29, 1.82) is 0 Å². The molecular formula is C19H25ClN4O. The Morgan fingerprint density at radius 1 is 1.20 bits per heavy atom. The van der Waals surface area contributed by atoms with E-state index in [0.29, 0.717) is 12.2 Å². The molecule has 1 saturated heterocycles. The maximum Gasteiger partial charge on any atom is 0.274 e. The fourth-order valence-corrected chi connectivity index (χ4v) is 3.85. The number of hydrogen-bond acceptors (Lipinski definition) is 3. The molecule has 25 heavy (non-hydrogen) atoms. The lowest BCUT2D eigenvalue weighted by molar-refractivity contribution is 0.0701. The molecule has 6 heteroatoms. The molecule has 1 aliphatic carbocycles. The van der Waals surface area contributed by atoms with E-state index in [2.05, 4.69) is 31.2 Å². The minimum atomic E-state index is 0. The predicted octanol–water partition coefficient (Wildman–Crippen LogP) is 2.65. The molecule has 2 heterocycles. The summed E-state index contributed by atoms with van der Waals surface area (Å²) in [5.74, 6) is 0.0501. The number of aromatic nitrogens is 2. The van der Waals surface area contributed by atoms with Crippen molar-refractivity contribution in [3.63, 3.8) is 0 Å². The smallest absolute Gasteiger partial charge is 0.274 e. The zero-order valence-electron chi connectivity index (χ0n) is 14.6. The number of hydrogen-bond donors (Lipinski definition) is 1. The van der Waals surface area contributed by atoms with Gasteiger partial charge in [-0.2, -0.15) is 5.10 Å². The van der Waals surface area contributed by atoms with Crippen LogP contribution in [0.5, 0.6) is 0 Å². The zero-order chi connectivity index (χ0) is 16.7. The van der Waals surface area contributed by atoms with Crippen LogP contribution in [-0.2, 0) is 12.8 Å². The lowest BCUT2D eigenvalue weighted by Crippen LogP contribution is -2.46. The van der Waals surface area contributed by atoms with Crippen LogP contribution < -0.4 is 5.73 Å². The number of nitrogens with zero attached hydrogens (tertiary/aromatic N) is 3. The number of piperidine rings is 1. The standard InChI is InChI=1S/C19H24N4O.ClH/c1-13-7-9-15(10-8-13)23-17-6-2-5-16(17)18(21-23)19(24)22-11-3-4-14(20)12-22;/h7-10,14H,2-6,11-12,20H2,1H3;1H. The second-order valence-corrected chi connectivity index (χ2v) is 7.03. The average molecular weight is 361 g/mol. The minimum absolute atomic E-state index is 0. The first kappa shape index (κ1) is 18.0. The minimum Gasteiger partial charge on any atom is -0.336 e. The number of halogens is 1. The van der Waals surface area contributed by atoms with Gasteiger partial charge in [-0.05, 0) is 51.2 Å². The van der Waals surface area contributed by atoms with Gasteiger partial charge in [0.15, 0.2) is 5.69 Å². The summed E-state index contributed by atoms with van der Waals surface area (Å²) in [5.41, 5.74) is 11.3. The summed E-state index contributed by atoms with van der Waals surface area (Å²) < 4.78 is 1.97. The Balaban J connectivity index is 0.00000182. The van der Waals surface area contributed by atoms with Crippen LogP contribution in [0, 0.1) is 6.92 Å². The predicted molar refractivity (Wildman–Crippen MR) is 101 cm³/mol. The monoisotopic (exact) mass is 360 g/mol. The van der Waals surface area contributed by atoms with Crippen LogP contribution in [0.15, 0.2) is 24.3 Å². The van der Waals surface area contributed by atoms with Gasteiger partial charge in [0.2, 0.25) is 0 Å². The van der Waals surface area contributed by atoms with Gasteiger partial charge in [-0.3, -0.25) is 4.79 Å². The quantitative estimate of drug-likeness (QED) is 0.895. The van der Waals surface area contributed by atoms with Gasteiger partial charge in [0.25, 0.3) is 5.91 Å². The highest BCUT2D eigenvalue weighted by Crippen LogP contribution is 2.29. The number of likely N-dealkylation sites (tertiary alicyclic amines) is 1. The maximum atomic E-state index is 13.0. The van der Waals surface area contributed by atoms with E-state index in [1.165, 1.54) is 11.3 Å². The van der Waals surface area contributed by atoms with E-state index in [1.807, 2.05) is 9.58 Å². The highest BCUT2D eigenvalue weighted by Gasteiger charge is 2.31. The maximum absolute atomic E-state index is 13.0. The SMILES string of the molecule is Cc1ccc(-n2nc(C(=O)N3CCCC(N)C3)c3c2CCC3)cc1.Cl. The topological polar surface area (TPSA) is 64.2 Å². The molecule has 0 bridgehead atoms. The summed E-state index contributed by atoms with van der Waals surface area (Å²) in [6.07, 6.45) is 5.01. The molecule has 4 rings (SSSR count). The summed E-state index contributed by atoms with van der Waals surface area (Å²) in [7, 11) is 0. The summed E-state index contributed by atoms with van der Waals surface area (Å²) in [5, 5.41) is 4.72. The average Bonchev–Trinajstić information content (AvgIpc) is 3.17. The molecule has 2 N–H and O–H groups in total. The number of amides is 1. The lowest BCUT2D eigenvalue weighted by atomic mass is 10.1. The molecule has 1 fully saturated rings. The van der Waals surface area contributed by atoms with E-state index in [1.54, 1.807) is 0 Å². The molecule has 1 atom stereocenters. The van der Waals surface area contributed by atoms with Gasteiger partial charge >= 0.3 is 0 Å². The van der Waals surface area contributed by atoms with Gasteiger partial charge in [-0.1, -0.05) is 17.7 Å². The molecule has 134 valence electrons. The van der Waals surface area contributed by atoms with E-state index in [9.17, 15) is 4.79 Å². The van der Waals surface area contributed by atoms with Gasteiger partial charge in [0.1, 0.15) is 0 Å². The van der Waals surface area contributed by atoms with Crippen molar-refractivity contribution in [3.05, 3.63) is 46.8 Å². The number of nitrogens with two attached hydrogens (primary N) is 1. The molecule has 1 aromatic heterocycles. The molecule has 5 nitrogen and oxygen atoms in total. The van der Waals surface area contributed by atoms with Crippen molar-refractivity contribution in [2.45, 2.75) is 45.1 Å². The summed E-state index contributed by atoms with van der Waals surface area (Å²) in [4.78, 5) is 14.9. The molecule has 1 aliphatic heterocycles. The van der Waals surface area contributed by atoms with E-state index in [0.717, 1.165) is 49.9 Å². The number of fused-ring (bicyclic) bond motifs is 1. The Bertz CT molecular complexity index is 768. The van der Waals surface area contributed by atoms with Gasteiger partial charge in [0, 0.05) is 30.4 Å². The number of carbonyl (C=O) groups excluding carboxylic acids is 1. The van der Waals surface area contributed by atoms with Crippen molar-refractivity contribution in [2.24, 2.45) is 5.73 Å². The van der Waals surface area contributed by atoms with Crippen molar-refractivity contribution in [2.75, 3.05) is 13.1 Å². The largest absolute Gasteiger partial charge is 0.336 e. The fourth-order valence-electron chi connectivity index (χ4n) is 3.85. The molecular weight excluding hydrogens is 336 g/mol. The molecule has 1 amide bonds. The molecule has 2 aromatic rings. The lowest BCUT2D eigenvalue weighted by Gasteiger charge is -2.30. The van der Waals surface area contributed by atoms with Crippen LogP contribution in [0.1, 0.15) is 46.6 Å². The van der Waals surface area contributed by atoms with Gasteiger partial charge in [-0.25, -0.2) is 4.68 Å². The Hall–Kier alpha value is -1.85. The third-order valence-electron chi connectivity index (χ3n) is 5.16. The molecule has 0 radical (unpaired) electrons. The highest BCUT2D eigenvalue weighted by molar-refractivity contribution is 5.94. The molecule has 1 unspecified atom stereocenters. The van der Waals surface area contributed by atoms with Crippen molar-refractivity contribution < 1.29 is 4.79 Å². The van der Waals surface area contributed by atoms with Crippen molar-refractivity contribution in [3.8, 4) is 5.69 Å². The first-order valence-corrected chi connectivity index (χ1v) is 8.86. The fraction of sp³-hybridized carbons (Fsp3) is 0.474. The number of carbonyl (C=O) groups is 1. The number of rotatable bonds is 2. The van der Waals surface area contributed by atoms with Crippen LogP contribution in [0.2, 0.25) is 0 Å². The molecule has 2 aliphatic rings. The second-order valence-electron chi connectivity index (χ2n) is 7.03. The molecule has 0 saturated carbocycles. The van der Waals surface area contributed by atoms with E-state index < -0.39 is 0 Å². The van der Waals surface area contributed by atoms with Gasteiger partial charge < -0.3 is 10.6 Å². The second kappa shape index (κ2) is 7.18. The first-order chi connectivity index (χ1) is 11.6. The number of benzene rings is 1. The summed E-state index contributed by atoms with van der Waals surface area (Å²) >= 11 is 0. The number of aryl methyl sites for hydroxylation is 1. The summed E-state index contributed by atoms with van der Waals surface area (Å²) in [6.45, 7) is 3.51. The Kier molecular flexibility index (Phi) is 5.16. The zero-order valence-corrected chi connectivity index (χ0v) is 15.4. The molecule has 1 aromatic carbocycles. The Labute approximate surface area is 154 Å². The third kappa shape index (κ3) is 3.31. The van der Waals surface area contributed by atoms with Crippen molar-refractivity contribution >= 4 is 18.3 Å². The van der Waals surface area contributed by atoms with Crippen molar-refractivity contribution in [1.82, 2.24) is 14.7 Å². The van der Waals surface area contributed by atoms with Gasteiger partial charge in [-0.15, -0.1) is 12.4 Å². The highest BCUT2D eigenvalue weighted by atomic mass is 35.5. The van der Waals surface area contributed by atoms with Crippen LogP contribution >= 0.6 is 12.4 Å². The normalized spacial score (nSPS) is 19.4. The van der Waals surface area contributed by atoms with E-state index in [4.69, 9.17) is 10.8 Å².